The zero-order chi connectivity index (χ0) is 12.3. The van der Waals surface area contributed by atoms with E-state index in [4.69, 9.17) is 0 Å². The molecule has 0 unspecified atom stereocenters. The second-order valence-electron chi connectivity index (χ2n) is 4.11. The number of hydrogen-bond acceptors (Lipinski definition) is 2. The molecule has 0 radical (unpaired) electrons. The first kappa shape index (κ1) is 11.5. The van der Waals surface area contributed by atoms with Gasteiger partial charge in [-0.1, -0.05) is 31.2 Å². The molecule has 0 N–H and O–H groups in total. The van der Waals surface area contributed by atoms with Gasteiger partial charge in [-0.3, -0.25) is 9.78 Å². The van der Waals surface area contributed by atoms with Crippen LogP contribution in [-0.4, -0.2) is 10.8 Å². The van der Waals surface area contributed by atoms with Crippen molar-refractivity contribution < 1.29 is 4.79 Å². The van der Waals surface area contributed by atoms with Crippen LogP contribution in [0.1, 0.15) is 29.3 Å². The van der Waals surface area contributed by atoms with Crippen molar-refractivity contribution in [2.45, 2.75) is 20.3 Å². The summed E-state index contributed by atoms with van der Waals surface area (Å²) in [7, 11) is 0. The van der Waals surface area contributed by atoms with Crippen LogP contribution in [0.15, 0.2) is 42.7 Å². The SMILES string of the molecule is CCC(=O)c1ccc(-c2cncc(C)c2)cc1. The predicted molar refractivity (Wildman–Crippen MR) is 69.0 cm³/mol. The van der Waals surface area contributed by atoms with Gasteiger partial charge in [-0.05, 0) is 24.1 Å². The number of ketones is 1. The molecule has 1 aromatic heterocycles. The highest BCUT2D eigenvalue weighted by atomic mass is 16.1. The number of aryl methyl sites for hydroxylation is 1. The summed E-state index contributed by atoms with van der Waals surface area (Å²) in [5, 5.41) is 0. The van der Waals surface area contributed by atoms with E-state index in [0.717, 1.165) is 22.3 Å². The van der Waals surface area contributed by atoms with E-state index in [1.165, 1.54) is 0 Å². The van der Waals surface area contributed by atoms with E-state index in [1.807, 2.05) is 50.5 Å². The lowest BCUT2D eigenvalue weighted by Gasteiger charge is -2.03. The van der Waals surface area contributed by atoms with Crippen LogP contribution in [0.25, 0.3) is 11.1 Å². The third-order valence-corrected chi connectivity index (χ3v) is 2.74. The van der Waals surface area contributed by atoms with Gasteiger partial charge in [0.2, 0.25) is 0 Å². The number of nitrogens with zero attached hydrogens (tertiary/aromatic N) is 1. The maximum atomic E-state index is 11.5. The molecule has 0 aliphatic rings. The first-order chi connectivity index (χ1) is 8.20. The molecule has 0 aliphatic heterocycles. The maximum Gasteiger partial charge on any atom is 0.162 e. The van der Waals surface area contributed by atoms with Crippen molar-refractivity contribution in [3.8, 4) is 11.1 Å². The molecular formula is C15H15NO. The summed E-state index contributed by atoms with van der Waals surface area (Å²) in [6, 6.07) is 9.79. The lowest BCUT2D eigenvalue weighted by Crippen LogP contribution is -1.95. The quantitative estimate of drug-likeness (QED) is 0.746. The van der Waals surface area contributed by atoms with Crippen molar-refractivity contribution in [2.24, 2.45) is 0 Å². The van der Waals surface area contributed by atoms with Gasteiger partial charge in [0.15, 0.2) is 5.78 Å². The zero-order valence-corrected chi connectivity index (χ0v) is 10.1. The number of hydrogen-bond donors (Lipinski definition) is 0. The molecule has 1 aromatic carbocycles. The number of benzene rings is 1. The largest absolute Gasteiger partial charge is 0.294 e. The van der Waals surface area contributed by atoms with Crippen LogP contribution >= 0.6 is 0 Å². The number of rotatable bonds is 3. The van der Waals surface area contributed by atoms with E-state index in [-0.39, 0.29) is 5.78 Å². The van der Waals surface area contributed by atoms with Gasteiger partial charge in [0.05, 0.1) is 0 Å². The molecular weight excluding hydrogens is 210 g/mol. The van der Waals surface area contributed by atoms with Gasteiger partial charge >= 0.3 is 0 Å². The van der Waals surface area contributed by atoms with Crippen molar-refractivity contribution in [1.82, 2.24) is 4.98 Å². The minimum Gasteiger partial charge on any atom is -0.294 e. The Hall–Kier alpha value is -1.96. The van der Waals surface area contributed by atoms with Crippen LogP contribution in [0.5, 0.6) is 0 Å². The fourth-order valence-corrected chi connectivity index (χ4v) is 1.77. The average Bonchev–Trinajstić information content (AvgIpc) is 2.38. The van der Waals surface area contributed by atoms with Crippen molar-refractivity contribution in [2.75, 3.05) is 0 Å². The molecule has 0 fully saturated rings. The van der Waals surface area contributed by atoms with E-state index in [0.29, 0.717) is 6.42 Å². The van der Waals surface area contributed by atoms with Gasteiger partial charge in [-0.25, -0.2) is 0 Å². The predicted octanol–water partition coefficient (Wildman–Crippen LogP) is 3.65. The fourth-order valence-electron chi connectivity index (χ4n) is 1.77. The summed E-state index contributed by atoms with van der Waals surface area (Å²) in [5.41, 5.74) is 4.09. The van der Waals surface area contributed by atoms with Crippen LogP contribution in [0.2, 0.25) is 0 Å². The maximum absolute atomic E-state index is 11.5. The Morgan fingerprint density at radius 1 is 1.12 bits per heavy atom. The van der Waals surface area contributed by atoms with Gasteiger partial charge in [0, 0.05) is 29.9 Å². The Bertz CT molecular complexity index is 529. The lowest BCUT2D eigenvalue weighted by atomic mass is 10.0. The van der Waals surface area contributed by atoms with Gasteiger partial charge in [0.25, 0.3) is 0 Å². The number of aromatic nitrogens is 1. The molecule has 17 heavy (non-hydrogen) atoms. The van der Waals surface area contributed by atoms with Crippen LogP contribution < -0.4 is 0 Å². The summed E-state index contributed by atoms with van der Waals surface area (Å²) >= 11 is 0. The van der Waals surface area contributed by atoms with Crippen LogP contribution in [0.3, 0.4) is 0 Å². The molecule has 0 aliphatic carbocycles. The first-order valence-corrected chi connectivity index (χ1v) is 5.76. The van der Waals surface area contributed by atoms with E-state index >= 15 is 0 Å². The Kier molecular flexibility index (Phi) is 3.33. The van der Waals surface area contributed by atoms with Crippen LogP contribution in [0, 0.1) is 6.92 Å². The van der Waals surface area contributed by atoms with Gasteiger partial charge in [0.1, 0.15) is 0 Å². The summed E-state index contributed by atoms with van der Waals surface area (Å²) in [6.07, 6.45) is 4.22. The molecule has 0 spiro atoms. The Morgan fingerprint density at radius 3 is 2.41 bits per heavy atom. The smallest absolute Gasteiger partial charge is 0.162 e. The molecule has 0 bridgehead atoms. The summed E-state index contributed by atoms with van der Waals surface area (Å²) in [5.74, 6) is 0.180. The molecule has 2 heteroatoms. The first-order valence-electron chi connectivity index (χ1n) is 5.76. The lowest BCUT2D eigenvalue weighted by molar-refractivity contribution is 0.0988. The van der Waals surface area contributed by atoms with Crippen molar-refractivity contribution in [1.29, 1.82) is 0 Å². The Balaban J connectivity index is 2.32. The second-order valence-corrected chi connectivity index (χ2v) is 4.11. The van der Waals surface area contributed by atoms with E-state index in [9.17, 15) is 4.79 Å². The number of carbonyl (C=O) groups excluding carboxylic acids is 1. The molecule has 86 valence electrons. The molecule has 1 heterocycles. The topological polar surface area (TPSA) is 30.0 Å². The highest BCUT2D eigenvalue weighted by Gasteiger charge is 2.03. The Morgan fingerprint density at radius 2 is 1.82 bits per heavy atom. The normalized spacial score (nSPS) is 10.2. The van der Waals surface area contributed by atoms with E-state index in [1.54, 1.807) is 0 Å². The van der Waals surface area contributed by atoms with Crippen molar-refractivity contribution in [3.63, 3.8) is 0 Å². The van der Waals surface area contributed by atoms with Gasteiger partial charge < -0.3 is 0 Å². The minimum atomic E-state index is 0.180. The van der Waals surface area contributed by atoms with Crippen molar-refractivity contribution in [3.05, 3.63) is 53.9 Å². The standard InChI is InChI=1S/C15H15NO/c1-3-15(17)13-6-4-12(5-7-13)14-8-11(2)9-16-10-14/h4-10H,3H2,1-2H3. The number of pyridine rings is 1. The van der Waals surface area contributed by atoms with Gasteiger partial charge in [-0.15, -0.1) is 0 Å². The molecule has 2 nitrogen and oxygen atoms in total. The highest BCUT2D eigenvalue weighted by molar-refractivity contribution is 5.96. The molecule has 0 saturated heterocycles. The second kappa shape index (κ2) is 4.91. The number of Topliss-reactive ketones (excluding diaryl/α,β-unsaturated/α-hetero) is 1. The van der Waals surface area contributed by atoms with E-state index in [2.05, 4.69) is 11.1 Å². The number of carbonyl (C=O) groups is 1. The molecule has 0 atom stereocenters. The molecule has 2 rings (SSSR count). The van der Waals surface area contributed by atoms with Crippen LogP contribution in [0.4, 0.5) is 0 Å². The summed E-state index contributed by atoms with van der Waals surface area (Å²) in [4.78, 5) is 15.7. The molecule has 2 aromatic rings. The molecule has 0 amide bonds. The van der Waals surface area contributed by atoms with Crippen molar-refractivity contribution >= 4 is 5.78 Å². The monoisotopic (exact) mass is 225 g/mol. The highest BCUT2D eigenvalue weighted by Crippen LogP contribution is 2.20. The fraction of sp³-hybridized carbons (Fsp3) is 0.200. The van der Waals surface area contributed by atoms with Crippen LogP contribution in [-0.2, 0) is 0 Å². The summed E-state index contributed by atoms with van der Waals surface area (Å²) in [6.45, 7) is 3.90. The van der Waals surface area contributed by atoms with Gasteiger partial charge in [-0.2, -0.15) is 0 Å². The third-order valence-electron chi connectivity index (χ3n) is 2.74. The average molecular weight is 225 g/mol. The minimum absolute atomic E-state index is 0.180. The molecule has 0 saturated carbocycles. The Labute approximate surface area is 101 Å². The summed E-state index contributed by atoms with van der Waals surface area (Å²) < 4.78 is 0. The zero-order valence-electron chi connectivity index (χ0n) is 10.1. The third kappa shape index (κ3) is 2.59. The van der Waals surface area contributed by atoms with E-state index < -0.39 is 0 Å².